The molecule has 3 heterocycles. The summed E-state index contributed by atoms with van der Waals surface area (Å²) in [5.74, 6) is -1.12. The second-order valence-electron chi connectivity index (χ2n) is 17.8. The van der Waals surface area contributed by atoms with E-state index < -0.39 is 29.7 Å². The van der Waals surface area contributed by atoms with E-state index in [1.54, 1.807) is 36.1 Å². The van der Waals surface area contributed by atoms with E-state index >= 15 is 0 Å². The van der Waals surface area contributed by atoms with Gasteiger partial charge in [-0.3, -0.25) is 29.0 Å². The van der Waals surface area contributed by atoms with Crippen molar-refractivity contribution in [3.8, 4) is 11.5 Å². The Hall–Kier alpha value is -6.84. The largest absolute Gasteiger partial charge is 0.508 e. The number of hydrogen-bond acceptors (Lipinski definition) is 10. The number of aryl methyl sites for hydroxylation is 5. The predicted octanol–water partition coefficient (Wildman–Crippen LogP) is 3.09. The van der Waals surface area contributed by atoms with Gasteiger partial charge in [-0.2, -0.15) is 0 Å². The zero-order valence-electron chi connectivity index (χ0n) is 38.2. The molecule has 1 aromatic heterocycles. The van der Waals surface area contributed by atoms with Crippen LogP contribution in [-0.4, -0.2) is 90.9 Å². The maximum Gasteiger partial charge on any atom is 0.269 e. The summed E-state index contributed by atoms with van der Waals surface area (Å²) in [6.45, 7) is 9.93. The van der Waals surface area contributed by atoms with E-state index in [2.05, 4.69) is 20.6 Å². The van der Waals surface area contributed by atoms with Gasteiger partial charge in [0.25, 0.3) is 5.56 Å². The number of hydrogen-bond donors (Lipinski definition) is 7. The molecule has 0 bridgehead atoms. The molecule has 15 nitrogen and oxygen atoms in total. The van der Waals surface area contributed by atoms with Gasteiger partial charge >= 0.3 is 0 Å². The number of fused-ring (bicyclic) bond motifs is 2. The Bertz CT molecular complexity index is 2690. The summed E-state index contributed by atoms with van der Waals surface area (Å²) >= 11 is 0. The third-order valence-corrected chi connectivity index (χ3v) is 13.1. The molecule has 2 aliphatic rings. The normalized spacial score (nSPS) is 16.5. The standard InChI is InChI=1S/C51H60N8O7/c1-28-18-37(60)19-29(2)39(28)24-41(52)50(65)58-26-35-12-8-6-10-33(35)22-45(58)48(63)54-16-14-43-32(5)56-44(47(62)57-43)15-17-55-49(64)46-23-34-11-7-9-13-36(34)27-59(46)51(66)42(53)25-40-30(3)20-38(61)21-31(40)4/h6-13,18-21,41-42,45-46,60-61H,14-17,22-27,52-53H2,1-5H3,(H,54,63)(H,55,64)(H,57,62)/t41-,42-,45-,46-/m0/s1. The summed E-state index contributed by atoms with van der Waals surface area (Å²) in [6, 6.07) is 18.5. The Morgan fingerprint density at radius 3 is 1.48 bits per heavy atom. The van der Waals surface area contributed by atoms with Crippen LogP contribution in [-0.2, 0) is 70.8 Å². The first-order chi connectivity index (χ1) is 31.5. The van der Waals surface area contributed by atoms with Gasteiger partial charge < -0.3 is 47.1 Å². The summed E-state index contributed by atoms with van der Waals surface area (Å²) in [4.78, 5) is 79.5. The van der Waals surface area contributed by atoms with Gasteiger partial charge in [-0.25, -0.2) is 0 Å². The van der Waals surface area contributed by atoms with E-state index in [1.807, 2.05) is 76.2 Å². The van der Waals surface area contributed by atoms with Crippen LogP contribution in [0.5, 0.6) is 11.5 Å². The van der Waals surface area contributed by atoms with Crippen LogP contribution < -0.4 is 27.7 Å². The Balaban J connectivity index is 0.961. The molecule has 0 radical (unpaired) electrons. The number of carbonyl (C=O) groups excluding carboxylic acids is 4. The highest BCUT2D eigenvalue weighted by molar-refractivity contribution is 5.91. The number of benzene rings is 4. The summed E-state index contributed by atoms with van der Waals surface area (Å²) < 4.78 is 0. The molecule has 4 aromatic carbocycles. The maximum absolute atomic E-state index is 14.0. The van der Waals surface area contributed by atoms with E-state index in [0.717, 1.165) is 55.6 Å². The Morgan fingerprint density at radius 2 is 1.06 bits per heavy atom. The number of nitrogens with two attached hydrogens (primary N) is 2. The van der Waals surface area contributed by atoms with Gasteiger partial charge in [-0.05, 0) is 127 Å². The fraction of sp³-hybridized carbons (Fsp3) is 0.373. The molecule has 0 fully saturated rings. The number of nitrogens with zero attached hydrogens (tertiary/aromatic N) is 3. The van der Waals surface area contributed by atoms with Crippen LogP contribution in [0.2, 0.25) is 0 Å². The fourth-order valence-electron chi connectivity index (χ4n) is 9.49. The van der Waals surface area contributed by atoms with Gasteiger partial charge in [-0.1, -0.05) is 48.5 Å². The molecule has 9 N–H and O–H groups in total. The van der Waals surface area contributed by atoms with Crippen molar-refractivity contribution in [2.24, 2.45) is 11.5 Å². The van der Waals surface area contributed by atoms with Crippen LogP contribution in [0.3, 0.4) is 0 Å². The van der Waals surface area contributed by atoms with E-state index in [9.17, 15) is 34.2 Å². The van der Waals surface area contributed by atoms with Crippen LogP contribution in [0.1, 0.15) is 72.7 Å². The quantitative estimate of drug-likeness (QED) is 0.0861. The minimum Gasteiger partial charge on any atom is -0.508 e. The number of aromatic hydroxyl groups is 2. The number of amides is 4. The van der Waals surface area contributed by atoms with Crippen molar-refractivity contribution < 1.29 is 29.4 Å². The van der Waals surface area contributed by atoms with Crippen molar-refractivity contribution in [2.75, 3.05) is 13.1 Å². The second kappa shape index (κ2) is 20.1. The number of phenolic OH excluding ortho intramolecular Hbond substituents is 2. The molecule has 0 aliphatic carbocycles. The fourth-order valence-corrected chi connectivity index (χ4v) is 9.49. The van der Waals surface area contributed by atoms with Crippen molar-refractivity contribution in [3.63, 3.8) is 0 Å². The molecule has 0 saturated carbocycles. The predicted molar refractivity (Wildman–Crippen MR) is 251 cm³/mol. The van der Waals surface area contributed by atoms with Crippen LogP contribution >= 0.6 is 0 Å². The lowest BCUT2D eigenvalue weighted by Gasteiger charge is -2.37. The van der Waals surface area contributed by atoms with Crippen molar-refractivity contribution in [2.45, 2.75) is 110 Å². The maximum atomic E-state index is 14.0. The van der Waals surface area contributed by atoms with Crippen LogP contribution in [0.25, 0.3) is 0 Å². The Labute approximate surface area is 384 Å². The molecule has 0 saturated heterocycles. The summed E-state index contributed by atoms with van der Waals surface area (Å²) in [5.41, 5.74) is 22.9. The lowest BCUT2D eigenvalue weighted by atomic mass is 9.91. The molecule has 15 heteroatoms. The minimum atomic E-state index is -0.921. The van der Waals surface area contributed by atoms with E-state index in [1.165, 1.54) is 4.90 Å². The highest BCUT2D eigenvalue weighted by Gasteiger charge is 2.38. The van der Waals surface area contributed by atoms with Crippen LogP contribution in [0.4, 0.5) is 0 Å². The topological polar surface area (TPSA) is 237 Å². The number of nitrogens with one attached hydrogen (secondary N) is 3. The molecule has 2 aliphatic heterocycles. The molecular formula is C51H60N8O7. The molecular weight excluding hydrogens is 837 g/mol. The number of carbonyl (C=O) groups is 4. The number of H-pyrrole nitrogens is 1. The average molecular weight is 897 g/mol. The highest BCUT2D eigenvalue weighted by Crippen LogP contribution is 2.28. The van der Waals surface area contributed by atoms with Gasteiger partial charge in [0.05, 0.1) is 17.8 Å². The number of aromatic nitrogens is 2. The molecule has 4 atom stereocenters. The molecule has 4 amide bonds. The third kappa shape index (κ3) is 10.5. The summed E-state index contributed by atoms with van der Waals surface area (Å²) in [6.07, 6.45) is 1.52. The smallest absolute Gasteiger partial charge is 0.269 e. The first-order valence-corrected chi connectivity index (χ1v) is 22.5. The lowest BCUT2D eigenvalue weighted by molar-refractivity contribution is -0.142. The first-order valence-electron chi connectivity index (χ1n) is 22.5. The SMILES string of the molecule is Cc1cc(O)cc(C)c1C[C@H](N)C(=O)N1Cc2ccccc2C[C@H]1C(=O)NCCc1[nH]c(=O)c(CCNC(=O)[C@@H]2Cc3ccccc3CN2C(=O)[C@@H](N)Cc2c(C)cc(O)cc2C)nc1C. The molecule has 66 heavy (non-hydrogen) atoms. The van der Waals surface area contributed by atoms with Crippen LogP contribution in [0, 0.1) is 34.6 Å². The summed E-state index contributed by atoms with van der Waals surface area (Å²) in [5, 5.41) is 25.9. The Morgan fingerprint density at radius 1 is 0.667 bits per heavy atom. The highest BCUT2D eigenvalue weighted by atomic mass is 16.3. The van der Waals surface area contributed by atoms with Crippen molar-refractivity contribution in [1.82, 2.24) is 30.4 Å². The average Bonchev–Trinajstić information content (AvgIpc) is 3.28. The van der Waals surface area contributed by atoms with Gasteiger partial charge in [0.2, 0.25) is 23.6 Å². The monoisotopic (exact) mass is 896 g/mol. The molecule has 7 rings (SSSR count). The zero-order chi connectivity index (χ0) is 47.4. The second-order valence-corrected chi connectivity index (χ2v) is 17.8. The molecule has 0 unspecified atom stereocenters. The lowest BCUT2D eigenvalue weighted by Crippen LogP contribution is -2.57. The van der Waals surface area contributed by atoms with Gasteiger partial charge in [0.15, 0.2) is 0 Å². The molecule has 5 aromatic rings. The number of phenols is 2. The van der Waals surface area contributed by atoms with Gasteiger partial charge in [0.1, 0.15) is 29.3 Å². The minimum absolute atomic E-state index is 0.0967. The number of rotatable bonds is 14. The first kappa shape index (κ1) is 47.1. The van der Waals surface area contributed by atoms with Crippen molar-refractivity contribution in [1.29, 1.82) is 0 Å². The van der Waals surface area contributed by atoms with Crippen LogP contribution in [0.15, 0.2) is 77.6 Å². The number of aromatic amines is 1. The molecule has 0 spiro atoms. The zero-order valence-corrected chi connectivity index (χ0v) is 38.2. The third-order valence-electron chi connectivity index (χ3n) is 13.1. The Kier molecular flexibility index (Phi) is 14.4. The molecule has 346 valence electrons. The van der Waals surface area contributed by atoms with E-state index in [4.69, 9.17) is 11.5 Å². The van der Waals surface area contributed by atoms with Crippen molar-refractivity contribution >= 4 is 23.6 Å². The van der Waals surface area contributed by atoms with E-state index in [0.29, 0.717) is 24.2 Å². The van der Waals surface area contributed by atoms with E-state index in [-0.39, 0.29) is 92.7 Å². The summed E-state index contributed by atoms with van der Waals surface area (Å²) in [7, 11) is 0. The van der Waals surface area contributed by atoms with Gasteiger partial charge in [0, 0.05) is 57.6 Å². The van der Waals surface area contributed by atoms with Gasteiger partial charge in [-0.15, -0.1) is 0 Å². The van der Waals surface area contributed by atoms with Crippen molar-refractivity contribution in [3.05, 3.63) is 156 Å².